The number of para-hydroxylation sites is 1. The Balaban J connectivity index is 0. The first-order chi connectivity index (χ1) is 10.8. The van der Waals surface area contributed by atoms with Crippen LogP contribution in [-0.2, 0) is 16.0 Å². The molecule has 0 radical (unpaired) electrons. The van der Waals surface area contributed by atoms with E-state index in [-0.39, 0.29) is 0 Å². The van der Waals surface area contributed by atoms with Crippen molar-refractivity contribution in [3.8, 4) is 5.75 Å². The van der Waals surface area contributed by atoms with Crippen LogP contribution in [0.5, 0.6) is 5.75 Å². The van der Waals surface area contributed by atoms with E-state index in [9.17, 15) is 5.11 Å². The molecule has 1 rings (SSSR count). The van der Waals surface area contributed by atoms with E-state index in [0.717, 1.165) is 25.2 Å². The van der Waals surface area contributed by atoms with Crippen molar-refractivity contribution in [3.63, 3.8) is 0 Å². The highest BCUT2D eigenvalue weighted by molar-refractivity contribution is 5.31. The van der Waals surface area contributed by atoms with Gasteiger partial charge in [-0.3, -0.25) is 0 Å². The van der Waals surface area contributed by atoms with Crippen LogP contribution >= 0.6 is 0 Å². The van der Waals surface area contributed by atoms with Crippen molar-refractivity contribution in [2.24, 2.45) is 0 Å². The van der Waals surface area contributed by atoms with Gasteiger partial charge in [0.15, 0.2) is 0 Å². The molecule has 1 aromatic rings. The second-order valence-corrected chi connectivity index (χ2v) is 4.93. The molecule has 0 bridgehead atoms. The quantitative estimate of drug-likeness (QED) is 0.641. The second kappa shape index (κ2) is 19.7. The Morgan fingerprint density at radius 2 is 1.45 bits per heavy atom. The summed E-state index contributed by atoms with van der Waals surface area (Å²) in [5, 5.41) is 9.55. The van der Waals surface area contributed by atoms with Gasteiger partial charge in [0, 0.05) is 13.2 Å². The number of aromatic hydroxyl groups is 1. The molecule has 0 amide bonds. The Hall–Kier alpha value is -1.35. The molecule has 0 saturated heterocycles. The second-order valence-electron chi connectivity index (χ2n) is 4.93. The van der Waals surface area contributed by atoms with E-state index >= 15 is 0 Å². The third-order valence-electron chi connectivity index (χ3n) is 3.20. The zero-order valence-corrected chi connectivity index (χ0v) is 14.6. The first-order valence-electron chi connectivity index (χ1n) is 8.39. The van der Waals surface area contributed by atoms with Crippen LogP contribution in [0.1, 0.15) is 64.9 Å². The van der Waals surface area contributed by atoms with E-state index in [2.05, 4.69) is 6.92 Å². The first-order valence-corrected chi connectivity index (χ1v) is 8.39. The maximum Gasteiger partial charge on any atom is 0.118 e. The van der Waals surface area contributed by atoms with Gasteiger partial charge in [0.05, 0.1) is 0 Å². The van der Waals surface area contributed by atoms with Crippen LogP contribution in [0.15, 0.2) is 24.3 Å². The Morgan fingerprint density at radius 1 is 0.909 bits per heavy atom. The number of aryl methyl sites for hydroxylation is 1. The molecule has 0 fully saturated rings. The third kappa shape index (κ3) is 15.0. The highest BCUT2D eigenvalue weighted by Crippen LogP contribution is 2.18. The number of phenols is 1. The summed E-state index contributed by atoms with van der Waals surface area (Å²) in [6.45, 7) is 9.90. The summed E-state index contributed by atoms with van der Waals surface area (Å²) >= 11 is 0. The zero-order valence-electron chi connectivity index (χ0n) is 14.6. The maximum absolute atomic E-state index is 9.55. The van der Waals surface area contributed by atoms with Crippen LogP contribution in [0, 0.1) is 0 Å². The van der Waals surface area contributed by atoms with Gasteiger partial charge in [-0.05, 0) is 38.3 Å². The fourth-order valence-electron chi connectivity index (χ4n) is 2.02. The molecular weight excluding hydrogens is 276 g/mol. The lowest BCUT2D eigenvalue weighted by Gasteiger charge is -2.03. The molecule has 0 aliphatic rings. The molecule has 0 aromatic heterocycles. The molecule has 0 heterocycles. The molecule has 0 aliphatic heterocycles. The average Bonchev–Trinajstić information content (AvgIpc) is 2.56. The molecule has 0 aliphatic carbocycles. The van der Waals surface area contributed by atoms with Gasteiger partial charge in [0.2, 0.25) is 0 Å². The number of phenolic OH excluding ortho intramolecular Hbond substituents is 1. The Morgan fingerprint density at radius 3 is 1.95 bits per heavy atom. The number of benzene rings is 1. The lowest BCUT2D eigenvalue weighted by atomic mass is 10.0. The highest BCUT2D eigenvalue weighted by Gasteiger charge is 1.98. The van der Waals surface area contributed by atoms with Gasteiger partial charge in [-0.2, -0.15) is 0 Å². The van der Waals surface area contributed by atoms with E-state index in [0.29, 0.717) is 5.75 Å². The third-order valence-corrected chi connectivity index (χ3v) is 3.20. The molecule has 22 heavy (non-hydrogen) atoms. The molecule has 1 N–H and O–H groups in total. The van der Waals surface area contributed by atoms with E-state index in [4.69, 9.17) is 9.53 Å². The van der Waals surface area contributed by atoms with E-state index in [1.54, 1.807) is 6.07 Å². The van der Waals surface area contributed by atoms with Crippen molar-refractivity contribution in [2.45, 2.75) is 65.7 Å². The number of hydrogen-bond acceptors (Lipinski definition) is 3. The van der Waals surface area contributed by atoms with Crippen LogP contribution in [0.25, 0.3) is 0 Å². The number of ether oxygens (including phenoxy) is 1. The number of unbranched alkanes of at least 4 members (excludes halogenated alkanes) is 5. The Labute approximate surface area is 136 Å². The van der Waals surface area contributed by atoms with Crippen molar-refractivity contribution >= 4 is 6.79 Å². The highest BCUT2D eigenvalue weighted by atomic mass is 16.5. The van der Waals surface area contributed by atoms with Crippen LogP contribution in [0.2, 0.25) is 0 Å². The van der Waals surface area contributed by atoms with Gasteiger partial charge in [0.1, 0.15) is 12.5 Å². The summed E-state index contributed by atoms with van der Waals surface area (Å²) in [5.74, 6) is 0.450. The fraction of sp³-hybridized carbons (Fsp3) is 0.632. The molecule has 128 valence electrons. The van der Waals surface area contributed by atoms with E-state index < -0.39 is 0 Å². The molecule has 0 unspecified atom stereocenters. The summed E-state index contributed by atoms with van der Waals surface area (Å²) in [5.41, 5.74) is 1.09. The summed E-state index contributed by atoms with van der Waals surface area (Å²) in [6.07, 6.45) is 8.85. The Kier molecular flexibility index (Phi) is 20.5. The largest absolute Gasteiger partial charge is 0.508 e. The average molecular weight is 310 g/mol. The van der Waals surface area contributed by atoms with E-state index in [1.807, 2.05) is 38.8 Å². The van der Waals surface area contributed by atoms with Crippen LogP contribution in [0.3, 0.4) is 0 Å². The molecule has 0 spiro atoms. The molecule has 0 saturated carbocycles. The summed E-state index contributed by atoms with van der Waals surface area (Å²) < 4.78 is 4.83. The smallest absolute Gasteiger partial charge is 0.118 e. The molecule has 3 heteroatoms. The number of carbonyl (C=O) groups excluding carboxylic acids is 1. The number of carbonyl (C=O) groups is 1. The SMILES string of the molecule is C=O.CCCCCCCCc1ccccc1O.CCOCC. The van der Waals surface area contributed by atoms with Gasteiger partial charge < -0.3 is 14.6 Å². The van der Waals surface area contributed by atoms with Crippen LogP contribution in [-0.4, -0.2) is 25.1 Å². The van der Waals surface area contributed by atoms with Crippen LogP contribution in [0.4, 0.5) is 0 Å². The minimum Gasteiger partial charge on any atom is -0.508 e. The van der Waals surface area contributed by atoms with Gasteiger partial charge in [-0.25, -0.2) is 0 Å². The number of hydrogen-bond donors (Lipinski definition) is 1. The van der Waals surface area contributed by atoms with Crippen LogP contribution < -0.4 is 0 Å². The first kappa shape index (κ1) is 22.9. The number of rotatable bonds is 9. The zero-order chi connectivity index (χ0) is 17.1. The lowest BCUT2D eigenvalue weighted by Crippen LogP contribution is -1.86. The summed E-state index contributed by atoms with van der Waals surface area (Å²) in [6, 6.07) is 7.65. The van der Waals surface area contributed by atoms with E-state index in [1.165, 1.54) is 38.5 Å². The fourth-order valence-corrected chi connectivity index (χ4v) is 2.02. The summed E-state index contributed by atoms with van der Waals surface area (Å²) in [4.78, 5) is 8.00. The molecular formula is C19H34O3. The molecule has 1 aromatic carbocycles. The standard InChI is InChI=1S/C14H22O.C4H10O.CH2O/c1-2-3-4-5-6-7-10-13-11-8-9-12-14(13)15;1-3-5-4-2;1-2/h8-9,11-12,15H,2-7,10H2,1H3;3-4H2,1-2H3;1H2. The molecule has 0 atom stereocenters. The van der Waals surface area contributed by atoms with Crippen molar-refractivity contribution in [3.05, 3.63) is 29.8 Å². The van der Waals surface area contributed by atoms with Gasteiger partial charge in [0.25, 0.3) is 0 Å². The van der Waals surface area contributed by atoms with Crippen molar-refractivity contribution in [2.75, 3.05) is 13.2 Å². The van der Waals surface area contributed by atoms with Crippen molar-refractivity contribution in [1.29, 1.82) is 0 Å². The topological polar surface area (TPSA) is 46.5 Å². The summed E-state index contributed by atoms with van der Waals surface area (Å²) in [7, 11) is 0. The maximum atomic E-state index is 9.55. The van der Waals surface area contributed by atoms with Crippen molar-refractivity contribution < 1.29 is 14.6 Å². The van der Waals surface area contributed by atoms with Gasteiger partial charge in [-0.1, -0.05) is 57.2 Å². The lowest BCUT2D eigenvalue weighted by molar-refractivity contribution is -0.0979. The minimum atomic E-state index is 0.450. The predicted molar refractivity (Wildman–Crippen MR) is 94.5 cm³/mol. The normalized spacial score (nSPS) is 9.23. The van der Waals surface area contributed by atoms with Crippen molar-refractivity contribution in [1.82, 2.24) is 0 Å². The predicted octanol–water partition coefficient (Wildman–Crippen LogP) is 5.15. The Bertz CT molecular complexity index is 324. The monoisotopic (exact) mass is 310 g/mol. The van der Waals surface area contributed by atoms with Gasteiger partial charge >= 0.3 is 0 Å². The minimum absolute atomic E-state index is 0.450. The molecule has 3 nitrogen and oxygen atoms in total. The van der Waals surface area contributed by atoms with Gasteiger partial charge in [-0.15, -0.1) is 0 Å².